The summed E-state index contributed by atoms with van der Waals surface area (Å²) in [6.07, 6.45) is 8.16. The first kappa shape index (κ1) is 17.8. The molecule has 2 bridgehead atoms. The standard InChI is InChI=1S/C21H25N3O3/c1-14(18-10-15-7-8-16(18)9-15)23-20(25)12-27-21(26)19-11-22-13-24(19)17-5-3-2-4-6-17/h2-6,11,13-16,18H,7-10,12H2,1H3,(H,23,25)/t14-,15-,16-,18+/m0/s1. The number of carbonyl (C=O) groups is 2. The lowest BCUT2D eigenvalue weighted by Gasteiger charge is -2.28. The number of benzene rings is 1. The van der Waals surface area contributed by atoms with Gasteiger partial charge in [0.05, 0.1) is 12.5 Å². The van der Waals surface area contributed by atoms with Gasteiger partial charge in [-0.25, -0.2) is 9.78 Å². The van der Waals surface area contributed by atoms with Crippen LogP contribution in [0, 0.1) is 17.8 Å². The van der Waals surface area contributed by atoms with Crippen LogP contribution in [0.4, 0.5) is 0 Å². The van der Waals surface area contributed by atoms with E-state index in [1.54, 1.807) is 10.9 Å². The molecular formula is C21H25N3O3. The molecule has 1 aromatic heterocycles. The molecule has 2 fully saturated rings. The molecule has 6 heteroatoms. The van der Waals surface area contributed by atoms with Gasteiger partial charge in [-0.3, -0.25) is 9.36 Å². The summed E-state index contributed by atoms with van der Waals surface area (Å²) >= 11 is 0. The Balaban J connectivity index is 1.31. The summed E-state index contributed by atoms with van der Waals surface area (Å²) in [7, 11) is 0. The van der Waals surface area contributed by atoms with Crippen LogP contribution in [0.25, 0.3) is 5.69 Å². The minimum Gasteiger partial charge on any atom is -0.451 e. The fourth-order valence-corrected chi connectivity index (χ4v) is 4.75. The quantitative estimate of drug-likeness (QED) is 0.797. The van der Waals surface area contributed by atoms with Crippen LogP contribution in [-0.2, 0) is 9.53 Å². The average Bonchev–Trinajstić information content (AvgIpc) is 3.43. The van der Waals surface area contributed by atoms with E-state index in [4.69, 9.17) is 4.74 Å². The number of nitrogens with one attached hydrogen (secondary N) is 1. The molecule has 0 aliphatic heterocycles. The van der Waals surface area contributed by atoms with Crippen LogP contribution >= 0.6 is 0 Å². The molecular weight excluding hydrogens is 342 g/mol. The lowest BCUT2D eigenvalue weighted by molar-refractivity contribution is -0.125. The van der Waals surface area contributed by atoms with Crippen LogP contribution in [0.1, 0.15) is 43.1 Å². The van der Waals surface area contributed by atoms with E-state index in [1.165, 1.54) is 31.9 Å². The highest BCUT2D eigenvalue weighted by atomic mass is 16.5. The van der Waals surface area contributed by atoms with Gasteiger partial charge in [0, 0.05) is 11.7 Å². The van der Waals surface area contributed by atoms with Crippen LogP contribution in [0.5, 0.6) is 0 Å². The van der Waals surface area contributed by atoms with Crippen molar-refractivity contribution in [3.05, 3.63) is 48.5 Å². The van der Waals surface area contributed by atoms with Gasteiger partial charge in [-0.05, 0) is 56.1 Å². The van der Waals surface area contributed by atoms with Crippen molar-refractivity contribution in [1.82, 2.24) is 14.9 Å². The van der Waals surface area contributed by atoms with Gasteiger partial charge in [0.1, 0.15) is 0 Å². The fraction of sp³-hybridized carbons (Fsp3) is 0.476. The van der Waals surface area contributed by atoms with Crippen molar-refractivity contribution in [3.63, 3.8) is 0 Å². The maximum Gasteiger partial charge on any atom is 0.357 e. The molecule has 1 N–H and O–H groups in total. The molecule has 0 spiro atoms. The number of ether oxygens (including phenoxy) is 1. The third-order valence-corrected chi connectivity index (χ3v) is 6.04. The van der Waals surface area contributed by atoms with Crippen molar-refractivity contribution in [2.45, 2.75) is 38.6 Å². The van der Waals surface area contributed by atoms with E-state index < -0.39 is 5.97 Å². The zero-order valence-electron chi connectivity index (χ0n) is 15.5. The second-order valence-corrected chi connectivity index (χ2v) is 7.76. The summed E-state index contributed by atoms with van der Waals surface area (Å²) in [6, 6.07) is 9.55. The Morgan fingerprint density at radius 1 is 1.26 bits per heavy atom. The molecule has 2 aromatic rings. The predicted molar refractivity (Wildman–Crippen MR) is 100 cm³/mol. The van der Waals surface area contributed by atoms with E-state index in [1.807, 2.05) is 30.3 Å². The molecule has 0 radical (unpaired) electrons. The SMILES string of the molecule is C[C@H](NC(=O)COC(=O)c1cncn1-c1ccccc1)[C@H]1C[C@H]2CC[C@H]1C2. The topological polar surface area (TPSA) is 73.2 Å². The second kappa shape index (κ2) is 7.55. The van der Waals surface area contributed by atoms with Gasteiger partial charge in [-0.15, -0.1) is 0 Å². The first-order chi connectivity index (χ1) is 13.1. The highest BCUT2D eigenvalue weighted by Crippen LogP contribution is 2.49. The number of nitrogens with zero attached hydrogens (tertiary/aromatic N) is 2. The maximum atomic E-state index is 12.4. The molecule has 2 aliphatic carbocycles. The smallest absolute Gasteiger partial charge is 0.357 e. The van der Waals surface area contributed by atoms with Crippen LogP contribution in [0.3, 0.4) is 0 Å². The molecule has 2 aliphatic rings. The Kier molecular flexibility index (Phi) is 4.97. The number of aromatic nitrogens is 2. The van der Waals surface area contributed by atoms with E-state index in [-0.39, 0.29) is 18.6 Å². The molecule has 4 atom stereocenters. The number of para-hydroxylation sites is 1. The fourth-order valence-electron chi connectivity index (χ4n) is 4.75. The normalized spacial score (nSPS) is 24.6. The molecule has 4 rings (SSSR count). The average molecular weight is 367 g/mol. The molecule has 0 saturated heterocycles. The van der Waals surface area contributed by atoms with Gasteiger partial charge in [-0.2, -0.15) is 0 Å². The summed E-state index contributed by atoms with van der Waals surface area (Å²) in [5.41, 5.74) is 1.12. The Morgan fingerprint density at radius 2 is 2.07 bits per heavy atom. The molecule has 1 heterocycles. The van der Waals surface area contributed by atoms with Crippen molar-refractivity contribution in [3.8, 4) is 5.69 Å². The minimum absolute atomic E-state index is 0.126. The molecule has 2 saturated carbocycles. The van der Waals surface area contributed by atoms with E-state index in [9.17, 15) is 9.59 Å². The van der Waals surface area contributed by atoms with Crippen molar-refractivity contribution in [2.75, 3.05) is 6.61 Å². The van der Waals surface area contributed by atoms with Crippen molar-refractivity contribution in [2.24, 2.45) is 17.8 Å². The molecule has 0 unspecified atom stereocenters. The van der Waals surface area contributed by atoms with Crippen LogP contribution < -0.4 is 5.32 Å². The van der Waals surface area contributed by atoms with Gasteiger partial charge in [-0.1, -0.05) is 24.6 Å². The Labute approximate surface area is 158 Å². The van der Waals surface area contributed by atoms with Crippen LogP contribution in [0.15, 0.2) is 42.9 Å². The number of hydrogen-bond donors (Lipinski definition) is 1. The minimum atomic E-state index is -0.556. The van der Waals surface area contributed by atoms with Crippen LogP contribution in [0.2, 0.25) is 0 Å². The summed E-state index contributed by atoms with van der Waals surface area (Å²) in [4.78, 5) is 28.7. The third kappa shape index (κ3) is 3.75. The van der Waals surface area contributed by atoms with Gasteiger partial charge < -0.3 is 10.1 Å². The van der Waals surface area contributed by atoms with E-state index in [0.717, 1.165) is 17.5 Å². The first-order valence-corrected chi connectivity index (χ1v) is 9.66. The molecule has 142 valence electrons. The Morgan fingerprint density at radius 3 is 2.78 bits per heavy atom. The van der Waals surface area contributed by atoms with E-state index >= 15 is 0 Å². The van der Waals surface area contributed by atoms with E-state index in [0.29, 0.717) is 11.6 Å². The van der Waals surface area contributed by atoms with Gasteiger partial charge in [0.25, 0.3) is 5.91 Å². The second-order valence-electron chi connectivity index (χ2n) is 7.76. The first-order valence-electron chi connectivity index (χ1n) is 9.66. The number of imidazole rings is 1. The van der Waals surface area contributed by atoms with Crippen LogP contribution in [-0.4, -0.2) is 34.1 Å². The largest absolute Gasteiger partial charge is 0.451 e. The van der Waals surface area contributed by atoms with Crippen molar-refractivity contribution in [1.29, 1.82) is 0 Å². The molecule has 27 heavy (non-hydrogen) atoms. The lowest BCUT2D eigenvalue weighted by atomic mass is 9.84. The van der Waals surface area contributed by atoms with Gasteiger partial charge in [0.15, 0.2) is 12.3 Å². The van der Waals surface area contributed by atoms with Crippen molar-refractivity contribution < 1.29 is 14.3 Å². The number of hydrogen-bond acceptors (Lipinski definition) is 4. The molecule has 6 nitrogen and oxygen atoms in total. The summed E-state index contributed by atoms with van der Waals surface area (Å²) < 4.78 is 6.87. The zero-order valence-corrected chi connectivity index (χ0v) is 15.5. The third-order valence-electron chi connectivity index (χ3n) is 6.04. The van der Waals surface area contributed by atoms with Gasteiger partial charge in [0.2, 0.25) is 0 Å². The number of rotatable bonds is 6. The number of amides is 1. The lowest BCUT2D eigenvalue weighted by Crippen LogP contribution is -2.42. The molecule has 1 amide bonds. The van der Waals surface area contributed by atoms with Gasteiger partial charge >= 0.3 is 5.97 Å². The predicted octanol–water partition coefficient (Wildman–Crippen LogP) is 2.97. The Hall–Kier alpha value is -2.63. The highest BCUT2D eigenvalue weighted by Gasteiger charge is 2.42. The summed E-state index contributed by atoms with van der Waals surface area (Å²) in [6.45, 7) is 1.79. The number of carbonyl (C=O) groups excluding carboxylic acids is 2. The number of fused-ring (bicyclic) bond motifs is 2. The van der Waals surface area contributed by atoms with E-state index in [2.05, 4.69) is 17.2 Å². The summed E-state index contributed by atoms with van der Waals surface area (Å²) in [5, 5.41) is 3.02. The summed E-state index contributed by atoms with van der Waals surface area (Å²) in [5.74, 6) is 1.34. The monoisotopic (exact) mass is 367 g/mol. The Bertz CT molecular complexity index is 817. The maximum absolute atomic E-state index is 12.4. The van der Waals surface area contributed by atoms with Crippen molar-refractivity contribution >= 4 is 11.9 Å². The number of esters is 1. The zero-order chi connectivity index (χ0) is 18.8. The molecule has 1 aromatic carbocycles. The highest BCUT2D eigenvalue weighted by molar-refractivity contribution is 5.90.